The number of nitrogens with zero attached hydrogens (tertiary/aromatic N) is 3. The van der Waals surface area contributed by atoms with Gasteiger partial charge in [-0.3, -0.25) is 4.98 Å². The highest BCUT2D eigenvalue weighted by molar-refractivity contribution is 9.10. The maximum Gasteiger partial charge on any atom is 0.0761 e. The number of aromatic nitrogens is 3. The Hall–Kier alpha value is -1.68. The van der Waals surface area contributed by atoms with Crippen LogP contribution >= 0.6 is 15.9 Å². The zero-order chi connectivity index (χ0) is 13.6. The van der Waals surface area contributed by atoms with Gasteiger partial charge in [0.05, 0.1) is 27.1 Å². The SMILES string of the molecule is Cc1cc(-n2nc(C)c(Br)c2C)c2ccccc2n1. The molecule has 96 valence electrons. The minimum absolute atomic E-state index is 0.996. The smallest absolute Gasteiger partial charge is 0.0761 e. The summed E-state index contributed by atoms with van der Waals surface area (Å²) in [6, 6.07) is 10.2. The van der Waals surface area contributed by atoms with Crippen molar-refractivity contribution in [2.75, 3.05) is 0 Å². The lowest BCUT2D eigenvalue weighted by Gasteiger charge is -2.09. The zero-order valence-electron chi connectivity index (χ0n) is 11.1. The molecule has 4 heteroatoms. The number of aryl methyl sites for hydroxylation is 2. The molecular weight excluding hydrogens is 302 g/mol. The molecule has 0 fully saturated rings. The van der Waals surface area contributed by atoms with Gasteiger partial charge in [-0.25, -0.2) is 4.68 Å². The highest BCUT2D eigenvalue weighted by Gasteiger charge is 2.13. The van der Waals surface area contributed by atoms with Crippen LogP contribution < -0.4 is 0 Å². The summed E-state index contributed by atoms with van der Waals surface area (Å²) in [4.78, 5) is 4.57. The molecule has 2 aromatic heterocycles. The van der Waals surface area contributed by atoms with E-state index in [1.54, 1.807) is 0 Å². The summed E-state index contributed by atoms with van der Waals surface area (Å²) in [5, 5.41) is 5.73. The quantitative estimate of drug-likeness (QED) is 0.676. The first-order valence-corrected chi connectivity index (χ1v) is 6.95. The maximum absolute atomic E-state index is 4.61. The van der Waals surface area contributed by atoms with Crippen molar-refractivity contribution in [1.82, 2.24) is 14.8 Å². The van der Waals surface area contributed by atoms with E-state index in [2.05, 4.69) is 45.1 Å². The normalized spacial score (nSPS) is 11.2. The molecule has 0 radical (unpaired) electrons. The number of pyridine rings is 1. The van der Waals surface area contributed by atoms with Crippen LogP contribution in [-0.2, 0) is 0 Å². The first-order valence-electron chi connectivity index (χ1n) is 6.16. The van der Waals surface area contributed by atoms with E-state index in [-0.39, 0.29) is 0 Å². The van der Waals surface area contributed by atoms with Gasteiger partial charge in [-0.2, -0.15) is 5.10 Å². The minimum atomic E-state index is 0.996. The van der Waals surface area contributed by atoms with Crippen molar-refractivity contribution in [2.24, 2.45) is 0 Å². The van der Waals surface area contributed by atoms with Gasteiger partial charge in [0, 0.05) is 11.1 Å². The van der Waals surface area contributed by atoms with Gasteiger partial charge < -0.3 is 0 Å². The number of hydrogen-bond acceptors (Lipinski definition) is 2. The Balaban J connectivity index is 2.38. The average Bonchev–Trinajstić information content (AvgIpc) is 2.65. The summed E-state index contributed by atoms with van der Waals surface area (Å²) < 4.78 is 3.04. The van der Waals surface area contributed by atoms with Crippen molar-refractivity contribution in [3.63, 3.8) is 0 Å². The third kappa shape index (κ3) is 1.96. The van der Waals surface area contributed by atoms with Crippen LogP contribution in [0, 0.1) is 20.8 Å². The Labute approximate surface area is 120 Å². The fourth-order valence-corrected chi connectivity index (χ4v) is 2.57. The molecule has 0 bridgehead atoms. The molecule has 0 unspecified atom stereocenters. The highest BCUT2D eigenvalue weighted by Crippen LogP contribution is 2.27. The van der Waals surface area contributed by atoms with Crippen LogP contribution in [0.5, 0.6) is 0 Å². The third-order valence-electron chi connectivity index (χ3n) is 3.25. The van der Waals surface area contributed by atoms with Crippen LogP contribution in [0.4, 0.5) is 0 Å². The number of hydrogen-bond donors (Lipinski definition) is 0. The van der Waals surface area contributed by atoms with Crippen molar-refractivity contribution in [3.8, 4) is 5.69 Å². The molecule has 0 aliphatic heterocycles. The summed E-state index contributed by atoms with van der Waals surface area (Å²) in [6.07, 6.45) is 0. The Morgan fingerprint density at radius 3 is 2.53 bits per heavy atom. The number of benzene rings is 1. The van der Waals surface area contributed by atoms with Gasteiger partial charge in [-0.1, -0.05) is 18.2 Å². The molecular formula is C15H14BrN3. The maximum atomic E-state index is 4.61. The number of rotatable bonds is 1. The van der Waals surface area contributed by atoms with Crippen molar-refractivity contribution in [1.29, 1.82) is 0 Å². The summed E-state index contributed by atoms with van der Waals surface area (Å²) in [5.74, 6) is 0. The average molecular weight is 316 g/mol. The van der Waals surface area contributed by atoms with Crippen LogP contribution in [0.1, 0.15) is 17.1 Å². The highest BCUT2D eigenvalue weighted by atomic mass is 79.9. The lowest BCUT2D eigenvalue weighted by molar-refractivity contribution is 0.837. The van der Waals surface area contributed by atoms with Gasteiger partial charge in [0.25, 0.3) is 0 Å². The van der Waals surface area contributed by atoms with Crippen LogP contribution in [-0.4, -0.2) is 14.8 Å². The first kappa shape index (κ1) is 12.4. The van der Waals surface area contributed by atoms with E-state index in [1.165, 1.54) is 0 Å². The lowest BCUT2D eigenvalue weighted by atomic mass is 10.1. The van der Waals surface area contributed by atoms with E-state index >= 15 is 0 Å². The fourth-order valence-electron chi connectivity index (χ4n) is 2.32. The molecule has 1 aromatic carbocycles. The van der Waals surface area contributed by atoms with Crippen LogP contribution in [0.15, 0.2) is 34.8 Å². The largest absolute Gasteiger partial charge is 0.253 e. The van der Waals surface area contributed by atoms with Gasteiger partial charge >= 0.3 is 0 Å². The summed E-state index contributed by atoms with van der Waals surface area (Å²) in [5.41, 5.74) is 5.18. The zero-order valence-corrected chi connectivity index (χ0v) is 12.7. The van der Waals surface area contributed by atoms with Crippen molar-refractivity contribution in [2.45, 2.75) is 20.8 Å². The van der Waals surface area contributed by atoms with Crippen LogP contribution in [0.2, 0.25) is 0 Å². The third-order valence-corrected chi connectivity index (χ3v) is 4.40. The molecule has 19 heavy (non-hydrogen) atoms. The van der Waals surface area contributed by atoms with Crippen LogP contribution in [0.25, 0.3) is 16.6 Å². The van der Waals surface area contributed by atoms with Gasteiger partial charge in [0.15, 0.2) is 0 Å². The van der Waals surface area contributed by atoms with Crippen molar-refractivity contribution >= 4 is 26.8 Å². The second-order valence-electron chi connectivity index (χ2n) is 4.70. The topological polar surface area (TPSA) is 30.7 Å². The van der Waals surface area contributed by atoms with E-state index < -0.39 is 0 Å². The first-order chi connectivity index (χ1) is 9.08. The Bertz CT molecular complexity index is 774. The molecule has 3 nitrogen and oxygen atoms in total. The number of halogens is 1. The van der Waals surface area contributed by atoms with E-state index in [9.17, 15) is 0 Å². The molecule has 0 aliphatic carbocycles. The Kier molecular flexibility index (Phi) is 2.90. The van der Waals surface area contributed by atoms with E-state index in [4.69, 9.17) is 0 Å². The fraction of sp³-hybridized carbons (Fsp3) is 0.200. The Morgan fingerprint density at radius 2 is 1.84 bits per heavy atom. The molecule has 0 saturated heterocycles. The second-order valence-corrected chi connectivity index (χ2v) is 5.49. The second kappa shape index (κ2) is 4.46. The Morgan fingerprint density at radius 1 is 1.11 bits per heavy atom. The summed E-state index contributed by atoms with van der Waals surface area (Å²) in [7, 11) is 0. The molecule has 3 rings (SSSR count). The van der Waals surface area contributed by atoms with Crippen LogP contribution in [0.3, 0.4) is 0 Å². The lowest BCUT2D eigenvalue weighted by Crippen LogP contribution is -2.02. The number of para-hydroxylation sites is 1. The summed E-state index contributed by atoms with van der Waals surface area (Å²) in [6.45, 7) is 6.08. The van der Waals surface area contributed by atoms with Gasteiger partial charge in [-0.05, 0) is 48.8 Å². The van der Waals surface area contributed by atoms with Gasteiger partial charge in [0.1, 0.15) is 0 Å². The molecule has 0 saturated carbocycles. The molecule has 0 aliphatic rings. The monoisotopic (exact) mass is 315 g/mol. The molecule has 0 atom stereocenters. The minimum Gasteiger partial charge on any atom is -0.253 e. The van der Waals surface area contributed by atoms with E-state index in [1.807, 2.05) is 36.7 Å². The predicted octanol–water partition coefficient (Wildman–Crippen LogP) is 4.11. The summed E-state index contributed by atoms with van der Waals surface area (Å²) >= 11 is 3.58. The van der Waals surface area contributed by atoms with Crippen molar-refractivity contribution in [3.05, 3.63) is 51.9 Å². The molecule has 0 amide bonds. The number of fused-ring (bicyclic) bond motifs is 1. The van der Waals surface area contributed by atoms with Gasteiger partial charge in [0.2, 0.25) is 0 Å². The molecule has 2 heterocycles. The van der Waals surface area contributed by atoms with E-state index in [0.717, 1.165) is 38.1 Å². The molecule has 3 aromatic rings. The van der Waals surface area contributed by atoms with Crippen molar-refractivity contribution < 1.29 is 0 Å². The van der Waals surface area contributed by atoms with E-state index in [0.29, 0.717) is 0 Å². The van der Waals surface area contributed by atoms with Gasteiger partial charge in [-0.15, -0.1) is 0 Å². The molecule has 0 N–H and O–H groups in total. The predicted molar refractivity (Wildman–Crippen MR) is 80.8 cm³/mol. The molecule has 0 spiro atoms. The standard InChI is InChI=1S/C15H14BrN3/c1-9-8-14(12-6-4-5-7-13(12)17-9)19-11(3)15(16)10(2)18-19/h4-8H,1-3H3.